The van der Waals surface area contributed by atoms with E-state index in [-0.39, 0.29) is 17.1 Å². The summed E-state index contributed by atoms with van der Waals surface area (Å²) in [5, 5.41) is 0. The molecule has 0 bridgehead atoms. The molecule has 0 fully saturated rings. The quantitative estimate of drug-likeness (QED) is 0.551. The minimum Gasteiger partial charge on any atom is -0.493 e. The van der Waals surface area contributed by atoms with E-state index >= 15 is 0 Å². The molecule has 0 N–H and O–H groups in total. The fourth-order valence-electron chi connectivity index (χ4n) is 4.16. The number of ketones is 1. The van der Waals surface area contributed by atoms with Crippen LogP contribution in [0.25, 0.3) is 0 Å². The highest BCUT2D eigenvalue weighted by Gasteiger charge is 2.42. The molecule has 0 amide bonds. The first kappa shape index (κ1) is 22.3. The smallest absolute Gasteiger partial charge is 0.161 e. The highest BCUT2D eigenvalue weighted by atomic mass is 16.5. The minimum atomic E-state index is -0.0946. The van der Waals surface area contributed by atoms with Crippen LogP contribution in [0.15, 0.2) is 29.8 Å². The van der Waals surface area contributed by atoms with Crippen LogP contribution in [0.4, 0.5) is 0 Å². The van der Waals surface area contributed by atoms with Crippen LogP contribution < -0.4 is 9.47 Å². The van der Waals surface area contributed by atoms with Gasteiger partial charge in [-0.1, -0.05) is 58.6 Å². The fraction of sp³-hybridized carbons (Fsp3) is 0.609. The number of ether oxygens (including phenoxy) is 2. The molecular weight excluding hydrogens is 324 g/mol. The van der Waals surface area contributed by atoms with E-state index < -0.39 is 0 Å². The SMILES string of the molecule is CC.CCCCCC1(c2ccc(OC)c(OC)c2)C(C)=CC(=O)CC1C. The van der Waals surface area contributed by atoms with Gasteiger partial charge in [-0.15, -0.1) is 0 Å². The van der Waals surface area contributed by atoms with Crippen molar-refractivity contribution < 1.29 is 14.3 Å². The number of methoxy groups -OCH3 is 2. The zero-order valence-corrected chi connectivity index (χ0v) is 17.6. The van der Waals surface area contributed by atoms with Gasteiger partial charge in [-0.25, -0.2) is 0 Å². The van der Waals surface area contributed by atoms with E-state index in [0.29, 0.717) is 6.42 Å². The van der Waals surface area contributed by atoms with Gasteiger partial charge in [0.2, 0.25) is 0 Å². The Hall–Kier alpha value is -1.77. The molecule has 3 heteroatoms. The van der Waals surface area contributed by atoms with Gasteiger partial charge in [-0.2, -0.15) is 0 Å². The lowest BCUT2D eigenvalue weighted by Crippen LogP contribution is -2.39. The highest BCUT2D eigenvalue weighted by Crippen LogP contribution is 2.49. The van der Waals surface area contributed by atoms with Crippen LogP contribution in [-0.4, -0.2) is 20.0 Å². The average molecular weight is 361 g/mol. The summed E-state index contributed by atoms with van der Waals surface area (Å²) in [4.78, 5) is 12.0. The van der Waals surface area contributed by atoms with E-state index in [0.717, 1.165) is 24.3 Å². The molecule has 0 saturated heterocycles. The Balaban J connectivity index is 0.00000163. The fourth-order valence-corrected chi connectivity index (χ4v) is 4.16. The van der Waals surface area contributed by atoms with Gasteiger partial charge in [0, 0.05) is 11.8 Å². The predicted molar refractivity (Wildman–Crippen MR) is 109 cm³/mol. The van der Waals surface area contributed by atoms with E-state index in [1.54, 1.807) is 14.2 Å². The first-order chi connectivity index (χ1) is 12.5. The maximum atomic E-state index is 12.0. The largest absolute Gasteiger partial charge is 0.493 e. The average Bonchev–Trinajstić information content (AvgIpc) is 2.65. The third-order valence-electron chi connectivity index (χ3n) is 5.50. The topological polar surface area (TPSA) is 35.5 Å². The van der Waals surface area contributed by atoms with E-state index in [4.69, 9.17) is 9.47 Å². The van der Waals surface area contributed by atoms with Crippen LogP contribution in [0.2, 0.25) is 0 Å². The summed E-state index contributed by atoms with van der Waals surface area (Å²) in [6, 6.07) is 6.21. The van der Waals surface area contributed by atoms with Gasteiger partial charge in [0.15, 0.2) is 17.3 Å². The van der Waals surface area contributed by atoms with Crippen molar-refractivity contribution in [3.63, 3.8) is 0 Å². The molecule has 0 aliphatic heterocycles. The second-order valence-electron chi connectivity index (χ2n) is 6.90. The number of benzene rings is 1. The molecule has 0 spiro atoms. The molecule has 26 heavy (non-hydrogen) atoms. The van der Waals surface area contributed by atoms with Crippen molar-refractivity contribution in [3.05, 3.63) is 35.4 Å². The van der Waals surface area contributed by atoms with Crippen molar-refractivity contribution in [1.29, 1.82) is 0 Å². The van der Waals surface area contributed by atoms with Crippen LogP contribution >= 0.6 is 0 Å². The molecule has 2 atom stereocenters. The number of carbonyl (C=O) groups is 1. The van der Waals surface area contributed by atoms with E-state index in [2.05, 4.69) is 32.9 Å². The van der Waals surface area contributed by atoms with Crippen LogP contribution in [0.1, 0.15) is 72.3 Å². The van der Waals surface area contributed by atoms with E-state index in [1.807, 2.05) is 26.0 Å². The Bertz CT molecular complexity index is 618. The van der Waals surface area contributed by atoms with Crippen molar-refractivity contribution in [2.24, 2.45) is 5.92 Å². The van der Waals surface area contributed by atoms with E-state index in [9.17, 15) is 4.79 Å². The predicted octanol–water partition coefficient (Wildman–Crippen LogP) is 6.10. The molecule has 1 aromatic rings. The summed E-state index contributed by atoms with van der Waals surface area (Å²) in [6.07, 6.45) is 7.09. The maximum absolute atomic E-state index is 12.0. The molecule has 0 saturated carbocycles. The van der Waals surface area contributed by atoms with Crippen LogP contribution in [0.3, 0.4) is 0 Å². The van der Waals surface area contributed by atoms with Gasteiger partial charge in [-0.3, -0.25) is 4.79 Å². The second-order valence-corrected chi connectivity index (χ2v) is 6.90. The molecule has 2 unspecified atom stereocenters. The van der Waals surface area contributed by atoms with Crippen LogP contribution in [-0.2, 0) is 10.2 Å². The van der Waals surface area contributed by atoms with Gasteiger partial charge in [0.05, 0.1) is 14.2 Å². The number of rotatable bonds is 7. The number of allylic oxidation sites excluding steroid dienone is 2. The zero-order valence-electron chi connectivity index (χ0n) is 17.6. The Morgan fingerprint density at radius 1 is 1.12 bits per heavy atom. The summed E-state index contributed by atoms with van der Waals surface area (Å²) >= 11 is 0. The Morgan fingerprint density at radius 2 is 1.77 bits per heavy atom. The van der Waals surface area contributed by atoms with E-state index in [1.165, 1.54) is 24.0 Å². The number of carbonyl (C=O) groups excluding carboxylic acids is 1. The van der Waals surface area contributed by atoms with Gasteiger partial charge in [0.25, 0.3) is 0 Å². The second kappa shape index (κ2) is 10.4. The molecule has 1 aliphatic rings. The molecule has 1 aromatic carbocycles. The zero-order chi connectivity index (χ0) is 19.7. The first-order valence-corrected chi connectivity index (χ1v) is 9.93. The van der Waals surface area contributed by atoms with Crippen molar-refractivity contribution in [2.75, 3.05) is 14.2 Å². The summed E-state index contributed by atoms with van der Waals surface area (Å²) in [5.41, 5.74) is 2.31. The number of unbranched alkanes of at least 4 members (excludes halogenated alkanes) is 2. The van der Waals surface area contributed by atoms with Crippen molar-refractivity contribution in [3.8, 4) is 11.5 Å². The van der Waals surface area contributed by atoms with Crippen molar-refractivity contribution in [2.45, 2.75) is 72.1 Å². The summed E-state index contributed by atoms with van der Waals surface area (Å²) in [6.45, 7) is 10.5. The van der Waals surface area contributed by atoms with Crippen LogP contribution in [0.5, 0.6) is 11.5 Å². The summed E-state index contributed by atoms with van der Waals surface area (Å²) < 4.78 is 10.9. The lowest BCUT2D eigenvalue weighted by atomic mass is 9.60. The van der Waals surface area contributed by atoms with Crippen molar-refractivity contribution >= 4 is 5.78 Å². The van der Waals surface area contributed by atoms with Gasteiger partial charge < -0.3 is 9.47 Å². The molecule has 3 nitrogen and oxygen atoms in total. The van der Waals surface area contributed by atoms with Crippen molar-refractivity contribution in [1.82, 2.24) is 0 Å². The summed E-state index contributed by atoms with van der Waals surface area (Å²) in [7, 11) is 3.32. The number of hydrogen-bond acceptors (Lipinski definition) is 3. The normalized spacial score (nSPS) is 22.2. The molecule has 1 aliphatic carbocycles. The first-order valence-electron chi connectivity index (χ1n) is 9.93. The highest BCUT2D eigenvalue weighted by molar-refractivity contribution is 5.92. The maximum Gasteiger partial charge on any atom is 0.161 e. The third-order valence-corrected chi connectivity index (χ3v) is 5.50. The monoisotopic (exact) mass is 360 g/mol. The Morgan fingerprint density at radius 3 is 2.31 bits per heavy atom. The standard InChI is InChI=1S/C21H30O3.C2H6/c1-6-7-8-11-21(15(2)12-18(22)13-16(21)3)17-9-10-19(23-4)20(14-17)24-5;1-2/h9-10,12,14,16H,6-8,11,13H2,1-5H3;1-2H3. The Labute approximate surface area is 159 Å². The molecule has 0 heterocycles. The van der Waals surface area contributed by atoms with Gasteiger partial charge >= 0.3 is 0 Å². The van der Waals surface area contributed by atoms with Crippen LogP contribution in [0, 0.1) is 5.92 Å². The number of hydrogen-bond donors (Lipinski definition) is 0. The summed E-state index contributed by atoms with van der Waals surface area (Å²) in [5.74, 6) is 2.02. The Kier molecular flexibility index (Phi) is 8.91. The minimum absolute atomic E-state index is 0.0946. The van der Waals surface area contributed by atoms with Gasteiger partial charge in [0.1, 0.15) is 0 Å². The van der Waals surface area contributed by atoms with Gasteiger partial charge in [-0.05, 0) is 43.0 Å². The molecule has 0 aromatic heterocycles. The molecule has 0 radical (unpaired) electrons. The molecule has 2 rings (SSSR count). The molecular formula is C23H36O3. The lowest BCUT2D eigenvalue weighted by molar-refractivity contribution is -0.116. The molecule has 146 valence electrons. The lowest BCUT2D eigenvalue weighted by Gasteiger charge is -2.43. The third kappa shape index (κ3) is 4.49.